The molecule has 0 aliphatic carbocycles. The molecule has 29 heavy (non-hydrogen) atoms. The summed E-state index contributed by atoms with van der Waals surface area (Å²) in [6.07, 6.45) is 1.43. The first-order valence-electron chi connectivity index (χ1n) is 8.29. The molecule has 0 bridgehead atoms. The number of nitrogens with one attached hydrogen (secondary N) is 2. The minimum atomic E-state index is -0.574. The molecule has 9 heteroatoms. The molecular formula is C20H14BrN3O4S. The Morgan fingerprint density at radius 3 is 2.41 bits per heavy atom. The highest BCUT2D eigenvalue weighted by atomic mass is 79.9. The number of thiocarbonyl (C=S) groups is 1. The van der Waals surface area contributed by atoms with Gasteiger partial charge in [-0.25, -0.2) is 0 Å². The van der Waals surface area contributed by atoms with Crippen molar-refractivity contribution in [2.24, 2.45) is 0 Å². The first-order valence-corrected chi connectivity index (χ1v) is 9.49. The van der Waals surface area contributed by atoms with Crippen LogP contribution in [0.1, 0.15) is 16.7 Å². The minimum absolute atomic E-state index is 0.0255. The van der Waals surface area contributed by atoms with E-state index in [0.29, 0.717) is 27.1 Å². The zero-order valence-corrected chi connectivity index (χ0v) is 17.5. The van der Waals surface area contributed by atoms with E-state index < -0.39 is 11.8 Å². The molecule has 0 aromatic heterocycles. The minimum Gasteiger partial charge on any atom is -0.493 e. The zero-order chi connectivity index (χ0) is 21.0. The van der Waals surface area contributed by atoms with Gasteiger partial charge >= 0.3 is 0 Å². The van der Waals surface area contributed by atoms with Gasteiger partial charge in [0.25, 0.3) is 11.8 Å². The molecular weight excluding hydrogens is 458 g/mol. The largest absolute Gasteiger partial charge is 0.493 e. The highest BCUT2D eigenvalue weighted by molar-refractivity contribution is 9.10. The number of nitriles is 1. The fourth-order valence-electron chi connectivity index (χ4n) is 2.57. The number of rotatable bonds is 5. The molecule has 2 aromatic rings. The number of nitrogens with zero attached hydrogens (tertiary/aromatic N) is 1. The molecule has 1 aliphatic rings. The summed E-state index contributed by atoms with van der Waals surface area (Å²) in [5, 5.41) is 13.6. The number of carbonyl (C=O) groups is 2. The van der Waals surface area contributed by atoms with Crippen LogP contribution in [-0.2, 0) is 16.2 Å². The van der Waals surface area contributed by atoms with E-state index in [2.05, 4.69) is 32.6 Å². The van der Waals surface area contributed by atoms with Crippen LogP contribution in [0.2, 0.25) is 0 Å². The molecule has 1 fully saturated rings. The van der Waals surface area contributed by atoms with Crippen molar-refractivity contribution >= 4 is 51.2 Å². The number of benzene rings is 2. The quantitative estimate of drug-likeness (QED) is 0.395. The molecule has 2 N–H and O–H groups in total. The summed E-state index contributed by atoms with van der Waals surface area (Å²) in [4.78, 5) is 24.0. The first kappa shape index (κ1) is 20.5. The van der Waals surface area contributed by atoms with Crippen LogP contribution in [0.25, 0.3) is 6.08 Å². The van der Waals surface area contributed by atoms with Crippen LogP contribution >= 0.6 is 28.1 Å². The number of carbonyl (C=O) groups excluding carboxylic acids is 2. The Hall–Kier alpha value is -3.22. The molecule has 2 amide bonds. The molecule has 146 valence electrons. The molecule has 1 saturated heterocycles. The number of hydrogen-bond donors (Lipinski definition) is 2. The van der Waals surface area contributed by atoms with Gasteiger partial charge in [-0.05, 0) is 69.6 Å². The molecule has 1 aliphatic heterocycles. The van der Waals surface area contributed by atoms with Gasteiger partial charge in [-0.1, -0.05) is 12.1 Å². The Kier molecular flexibility index (Phi) is 6.26. The molecule has 0 atom stereocenters. The summed E-state index contributed by atoms with van der Waals surface area (Å²) in [7, 11) is 1.49. The van der Waals surface area contributed by atoms with E-state index in [1.54, 1.807) is 24.3 Å². The summed E-state index contributed by atoms with van der Waals surface area (Å²) in [5.74, 6) is -0.255. The van der Waals surface area contributed by atoms with Gasteiger partial charge in [-0.15, -0.1) is 0 Å². The smallest absolute Gasteiger partial charge is 0.263 e. The molecule has 0 spiro atoms. The van der Waals surface area contributed by atoms with Gasteiger partial charge < -0.3 is 9.47 Å². The van der Waals surface area contributed by atoms with Crippen LogP contribution in [-0.4, -0.2) is 24.0 Å². The molecule has 0 radical (unpaired) electrons. The number of amides is 2. The Labute approximate surface area is 180 Å². The van der Waals surface area contributed by atoms with Crippen molar-refractivity contribution in [2.45, 2.75) is 6.61 Å². The van der Waals surface area contributed by atoms with Crippen molar-refractivity contribution in [2.75, 3.05) is 7.11 Å². The van der Waals surface area contributed by atoms with Crippen molar-refractivity contribution in [3.05, 3.63) is 63.1 Å². The molecule has 2 aromatic carbocycles. The van der Waals surface area contributed by atoms with Gasteiger partial charge in [0.05, 0.1) is 23.2 Å². The predicted octanol–water partition coefficient (Wildman–Crippen LogP) is 2.82. The normalized spacial score (nSPS) is 13.3. The van der Waals surface area contributed by atoms with Crippen molar-refractivity contribution in [1.29, 1.82) is 5.26 Å². The third kappa shape index (κ3) is 4.80. The van der Waals surface area contributed by atoms with E-state index in [0.717, 1.165) is 5.56 Å². The third-order valence-corrected chi connectivity index (χ3v) is 4.77. The molecule has 1 heterocycles. The molecule has 3 rings (SSSR count). The monoisotopic (exact) mass is 471 g/mol. The van der Waals surface area contributed by atoms with E-state index in [9.17, 15) is 9.59 Å². The Morgan fingerprint density at radius 2 is 1.83 bits per heavy atom. The van der Waals surface area contributed by atoms with E-state index in [1.807, 2.05) is 12.1 Å². The van der Waals surface area contributed by atoms with Crippen LogP contribution in [0.4, 0.5) is 0 Å². The van der Waals surface area contributed by atoms with Gasteiger partial charge in [-0.3, -0.25) is 20.2 Å². The SMILES string of the molecule is COc1cc(C=C2C(=O)NC(=S)NC2=O)cc(Br)c1OCc1ccc(C#N)cc1. The van der Waals surface area contributed by atoms with E-state index in [-0.39, 0.29) is 17.3 Å². The van der Waals surface area contributed by atoms with Crippen LogP contribution < -0.4 is 20.1 Å². The lowest BCUT2D eigenvalue weighted by Gasteiger charge is -2.17. The molecule has 0 unspecified atom stereocenters. The van der Waals surface area contributed by atoms with Crippen LogP contribution in [0.5, 0.6) is 11.5 Å². The Morgan fingerprint density at radius 1 is 1.17 bits per heavy atom. The number of ether oxygens (including phenoxy) is 2. The maximum absolute atomic E-state index is 12.0. The number of methoxy groups -OCH3 is 1. The fourth-order valence-corrected chi connectivity index (χ4v) is 3.33. The lowest BCUT2D eigenvalue weighted by molar-refractivity contribution is -0.123. The summed E-state index contributed by atoms with van der Waals surface area (Å²) >= 11 is 8.23. The van der Waals surface area contributed by atoms with Gasteiger partial charge in [-0.2, -0.15) is 5.26 Å². The summed E-state index contributed by atoms with van der Waals surface area (Å²) in [5.41, 5.74) is 1.95. The van der Waals surface area contributed by atoms with Gasteiger partial charge in [0, 0.05) is 0 Å². The second kappa shape index (κ2) is 8.86. The zero-order valence-electron chi connectivity index (χ0n) is 15.1. The van der Waals surface area contributed by atoms with Crippen molar-refractivity contribution in [3.8, 4) is 17.6 Å². The fraction of sp³-hybridized carbons (Fsp3) is 0.100. The summed E-state index contributed by atoms with van der Waals surface area (Å²) in [6, 6.07) is 12.5. The Bertz CT molecular complexity index is 1050. The summed E-state index contributed by atoms with van der Waals surface area (Å²) in [6.45, 7) is 0.267. The number of halogens is 1. The second-order valence-electron chi connectivity index (χ2n) is 5.93. The van der Waals surface area contributed by atoms with Gasteiger partial charge in [0.2, 0.25) is 0 Å². The summed E-state index contributed by atoms with van der Waals surface area (Å²) < 4.78 is 11.9. The van der Waals surface area contributed by atoms with Crippen molar-refractivity contribution in [1.82, 2.24) is 10.6 Å². The first-order chi connectivity index (χ1) is 13.9. The predicted molar refractivity (Wildman–Crippen MR) is 113 cm³/mol. The Balaban J connectivity index is 1.84. The topological polar surface area (TPSA) is 100 Å². The van der Waals surface area contributed by atoms with E-state index in [4.69, 9.17) is 27.0 Å². The maximum atomic E-state index is 12.0. The number of hydrogen-bond acceptors (Lipinski definition) is 6. The molecule has 7 nitrogen and oxygen atoms in total. The van der Waals surface area contributed by atoms with Crippen molar-refractivity contribution in [3.63, 3.8) is 0 Å². The van der Waals surface area contributed by atoms with Crippen LogP contribution in [0, 0.1) is 11.3 Å². The average Bonchev–Trinajstić information content (AvgIpc) is 2.70. The van der Waals surface area contributed by atoms with E-state index >= 15 is 0 Å². The maximum Gasteiger partial charge on any atom is 0.263 e. The average molecular weight is 472 g/mol. The van der Waals surface area contributed by atoms with Gasteiger partial charge in [0.15, 0.2) is 16.6 Å². The highest BCUT2D eigenvalue weighted by Gasteiger charge is 2.26. The van der Waals surface area contributed by atoms with Crippen molar-refractivity contribution < 1.29 is 19.1 Å². The lowest BCUT2D eigenvalue weighted by Crippen LogP contribution is -2.51. The highest BCUT2D eigenvalue weighted by Crippen LogP contribution is 2.37. The van der Waals surface area contributed by atoms with Gasteiger partial charge in [0.1, 0.15) is 12.2 Å². The third-order valence-electron chi connectivity index (χ3n) is 3.97. The second-order valence-corrected chi connectivity index (χ2v) is 7.19. The van der Waals surface area contributed by atoms with E-state index in [1.165, 1.54) is 13.2 Å². The lowest BCUT2D eigenvalue weighted by atomic mass is 10.1. The van der Waals surface area contributed by atoms with Crippen LogP contribution in [0.15, 0.2) is 46.4 Å². The molecule has 0 saturated carbocycles. The standard InChI is InChI=1S/C20H14BrN3O4S/c1-27-16-8-13(6-14-18(25)23-20(29)24-19(14)26)7-15(21)17(16)28-10-12-4-2-11(9-22)3-5-12/h2-8H,10H2,1H3,(H2,23,24,25,26,29). The van der Waals surface area contributed by atoms with Crippen LogP contribution in [0.3, 0.4) is 0 Å².